The Labute approximate surface area is 135 Å². The van der Waals surface area contributed by atoms with E-state index < -0.39 is 15.3 Å². The van der Waals surface area contributed by atoms with Gasteiger partial charge in [-0.15, -0.1) is 5.10 Å². The molecule has 2 aromatic rings. The highest BCUT2D eigenvalue weighted by Crippen LogP contribution is 2.23. The van der Waals surface area contributed by atoms with E-state index in [1.807, 2.05) is 0 Å². The molecule has 0 saturated carbocycles. The maximum absolute atomic E-state index is 11.9. The fourth-order valence-corrected chi connectivity index (χ4v) is 2.53. The summed E-state index contributed by atoms with van der Waals surface area (Å²) in [7, 11) is -3.25. The second kappa shape index (κ2) is 6.11. The molecule has 0 atom stereocenters. The summed E-state index contributed by atoms with van der Waals surface area (Å²) in [6, 6.07) is 6.17. The van der Waals surface area contributed by atoms with E-state index in [1.165, 1.54) is 12.1 Å². The summed E-state index contributed by atoms with van der Waals surface area (Å²) in [4.78, 5) is 12.1. The van der Waals surface area contributed by atoms with Gasteiger partial charge in [0, 0.05) is 11.0 Å². The molecule has 8 heteroatoms. The van der Waals surface area contributed by atoms with E-state index in [1.54, 1.807) is 39.8 Å². The Morgan fingerprint density at radius 3 is 2.30 bits per heavy atom. The van der Waals surface area contributed by atoms with Gasteiger partial charge in [0.2, 0.25) is 11.8 Å². The summed E-state index contributed by atoms with van der Waals surface area (Å²) in [6.45, 7) is 6.90. The molecule has 0 unspecified atom stereocenters. The summed E-state index contributed by atoms with van der Waals surface area (Å²) in [5.74, 6) is 0.00216. The second-order valence-electron chi connectivity index (χ2n) is 6.04. The maximum Gasteiger partial charge on any atom is 0.322 e. The van der Waals surface area contributed by atoms with Gasteiger partial charge in [-0.3, -0.25) is 10.1 Å². The number of benzene rings is 1. The Balaban J connectivity index is 2.20. The van der Waals surface area contributed by atoms with Crippen LogP contribution < -0.4 is 5.32 Å². The lowest BCUT2D eigenvalue weighted by molar-refractivity contribution is -0.123. The first kappa shape index (κ1) is 17.1. The summed E-state index contributed by atoms with van der Waals surface area (Å²) in [5, 5.41) is 10.2. The van der Waals surface area contributed by atoms with E-state index in [0.717, 1.165) is 0 Å². The van der Waals surface area contributed by atoms with Crippen molar-refractivity contribution >= 4 is 21.8 Å². The molecule has 0 aliphatic heterocycles. The van der Waals surface area contributed by atoms with Crippen LogP contribution in [0, 0.1) is 5.41 Å². The lowest BCUT2D eigenvalue weighted by atomic mass is 9.96. The van der Waals surface area contributed by atoms with Gasteiger partial charge >= 0.3 is 6.01 Å². The zero-order valence-electron chi connectivity index (χ0n) is 13.5. The molecule has 0 fully saturated rings. The van der Waals surface area contributed by atoms with E-state index in [-0.39, 0.29) is 28.5 Å². The zero-order valence-corrected chi connectivity index (χ0v) is 14.3. The summed E-state index contributed by atoms with van der Waals surface area (Å²) in [5.41, 5.74) is -0.00560. The van der Waals surface area contributed by atoms with Crippen molar-refractivity contribution in [3.05, 3.63) is 24.3 Å². The minimum Gasteiger partial charge on any atom is -0.403 e. The number of carbonyl (C=O) groups is 1. The number of nitrogens with zero attached hydrogens (tertiary/aromatic N) is 2. The van der Waals surface area contributed by atoms with Gasteiger partial charge in [0.15, 0.2) is 9.84 Å². The summed E-state index contributed by atoms with van der Waals surface area (Å²) >= 11 is 0. The molecule has 1 heterocycles. The van der Waals surface area contributed by atoms with Crippen molar-refractivity contribution in [3.63, 3.8) is 0 Å². The Hall–Kier alpha value is -2.22. The third-order valence-electron chi connectivity index (χ3n) is 3.17. The van der Waals surface area contributed by atoms with E-state index >= 15 is 0 Å². The van der Waals surface area contributed by atoms with Crippen LogP contribution in [-0.4, -0.2) is 30.3 Å². The monoisotopic (exact) mass is 337 g/mol. The average Bonchev–Trinajstić information content (AvgIpc) is 2.95. The van der Waals surface area contributed by atoms with Crippen LogP contribution in [0.2, 0.25) is 0 Å². The fraction of sp³-hybridized carbons (Fsp3) is 0.400. The van der Waals surface area contributed by atoms with Crippen molar-refractivity contribution in [2.24, 2.45) is 5.41 Å². The van der Waals surface area contributed by atoms with Gasteiger partial charge in [-0.05, 0) is 24.3 Å². The number of hydrogen-bond acceptors (Lipinski definition) is 6. The number of rotatable bonds is 4. The minimum atomic E-state index is -3.25. The lowest BCUT2D eigenvalue weighted by Crippen LogP contribution is -2.27. The zero-order chi connectivity index (χ0) is 17.3. The molecule has 23 heavy (non-hydrogen) atoms. The van der Waals surface area contributed by atoms with Crippen LogP contribution in [0.4, 0.5) is 6.01 Å². The van der Waals surface area contributed by atoms with Crippen LogP contribution in [0.5, 0.6) is 0 Å². The number of nitrogens with one attached hydrogen (secondary N) is 1. The van der Waals surface area contributed by atoms with Gasteiger partial charge < -0.3 is 4.42 Å². The molecule has 0 aliphatic rings. The topological polar surface area (TPSA) is 102 Å². The van der Waals surface area contributed by atoms with Crippen LogP contribution in [0.25, 0.3) is 11.5 Å². The van der Waals surface area contributed by atoms with Crippen molar-refractivity contribution in [1.82, 2.24) is 10.2 Å². The number of anilines is 1. The third kappa shape index (κ3) is 3.95. The fourth-order valence-electron chi connectivity index (χ4n) is 1.65. The Bertz CT molecular complexity index is 802. The smallest absolute Gasteiger partial charge is 0.322 e. The Morgan fingerprint density at radius 2 is 1.78 bits per heavy atom. The number of amides is 1. The molecule has 0 bridgehead atoms. The van der Waals surface area contributed by atoms with Crippen LogP contribution in [0.15, 0.2) is 33.6 Å². The summed E-state index contributed by atoms with van der Waals surface area (Å²) < 4.78 is 28.9. The largest absolute Gasteiger partial charge is 0.403 e. The normalized spacial score (nSPS) is 12.2. The quantitative estimate of drug-likeness (QED) is 0.919. The predicted molar refractivity (Wildman–Crippen MR) is 85.5 cm³/mol. The molecule has 0 aliphatic carbocycles. The molecule has 2 rings (SSSR count). The number of carbonyl (C=O) groups excluding carboxylic acids is 1. The van der Waals surface area contributed by atoms with Crippen molar-refractivity contribution < 1.29 is 17.6 Å². The molecule has 1 aromatic carbocycles. The van der Waals surface area contributed by atoms with Gasteiger partial charge in [-0.1, -0.05) is 32.8 Å². The van der Waals surface area contributed by atoms with E-state index in [0.29, 0.717) is 5.56 Å². The van der Waals surface area contributed by atoms with Crippen molar-refractivity contribution in [1.29, 1.82) is 0 Å². The SMILES string of the molecule is CCS(=O)(=O)c1ccc(-c2nnc(NC(=O)C(C)(C)C)o2)cc1. The van der Waals surface area contributed by atoms with Gasteiger partial charge in [0.25, 0.3) is 0 Å². The van der Waals surface area contributed by atoms with Crippen LogP contribution in [0.1, 0.15) is 27.7 Å². The highest BCUT2D eigenvalue weighted by atomic mass is 32.2. The van der Waals surface area contributed by atoms with E-state index in [4.69, 9.17) is 4.42 Å². The van der Waals surface area contributed by atoms with Crippen LogP contribution in [-0.2, 0) is 14.6 Å². The first-order chi connectivity index (χ1) is 10.6. The molecule has 1 amide bonds. The van der Waals surface area contributed by atoms with Gasteiger partial charge in [-0.25, -0.2) is 8.42 Å². The summed E-state index contributed by atoms with van der Waals surface area (Å²) in [6.07, 6.45) is 0. The van der Waals surface area contributed by atoms with E-state index in [2.05, 4.69) is 15.5 Å². The molecular weight excluding hydrogens is 318 g/mol. The highest BCUT2D eigenvalue weighted by molar-refractivity contribution is 7.91. The average molecular weight is 337 g/mol. The molecule has 1 aromatic heterocycles. The van der Waals surface area contributed by atoms with Crippen LogP contribution in [0.3, 0.4) is 0 Å². The molecule has 0 radical (unpaired) electrons. The van der Waals surface area contributed by atoms with Gasteiger partial charge in [0.05, 0.1) is 10.6 Å². The molecule has 0 saturated heterocycles. The molecule has 1 N–H and O–H groups in total. The molecule has 0 spiro atoms. The number of sulfone groups is 1. The van der Waals surface area contributed by atoms with Gasteiger partial charge in [-0.2, -0.15) is 0 Å². The maximum atomic E-state index is 11.9. The minimum absolute atomic E-state index is 0.00480. The lowest BCUT2D eigenvalue weighted by Gasteiger charge is -2.15. The number of hydrogen-bond donors (Lipinski definition) is 1. The molecule has 124 valence electrons. The predicted octanol–water partition coefficient (Wildman–Crippen LogP) is 2.51. The first-order valence-electron chi connectivity index (χ1n) is 7.11. The Morgan fingerprint density at radius 1 is 1.17 bits per heavy atom. The molecular formula is C15H19N3O4S. The first-order valence-corrected chi connectivity index (χ1v) is 8.77. The second-order valence-corrected chi connectivity index (χ2v) is 8.32. The van der Waals surface area contributed by atoms with Crippen molar-refractivity contribution in [3.8, 4) is 11.5 Å². The molecule has 7 nitrogen and oxygen atoms in total. The standard InChI is InChI=1S/C15H19N3O4S/c1-5-23(20,21)11-8-6-10(7-9-11)12-17-18-14(22-12)16-13(19)15(2,3)4/h6-9H,5H2,1-4H3,(H,16,18,19). The van der Waals surface area contributed by atoms with E-state index in [9.17, 15) is 13.2 Å². The third-order valence-corrected chi connectivity index (χ3v) is 4.92. The Kier molecular flexibility index (Phi) is 4.56. The van der Waals surface area contributed by atoms with Crippen molar-refractivity contribution in [2.45, 2.75) is 32.6 Å². The highest BCUT2D eigenvalue weighted by Gasteiger charge is 2.23. The van der Waals surface area contributed by atoms with Crippen molar-refractivity contribution in [2.75, 3.05) is 11.1 Å². The van der Waals surface area contributed by atoms with Gasteiger partial charge in [0.1, 0.15) is 0 Å². The van der Waals surface area contributed by atoms with Crippen LogP contribution >= 0.6 is 0 Å². The number of aromatic nitrogens is 2.